The summed E-state index contributed by atoms with van der Waals surface area (Å²) in [6.45, 7) is 3.15. The monoisotopic (exact) mass is 344 g/mol. The molecule has 3 heterocycles. The van der Waals surface area contributed by atoms with Gasteiger partial charge in [0, 0.05) is 58.1 Å². The average molecular weight is 344 g/mol. The summed E-state index contributed by atoms with van der Waals surface area (Å²) in [6.07, 6.45) is 7.65. The van der Waals surface area contributed by atoms with Gasteiger partial charge < -0.3 is 10.2 Å². The van der Waals surface area contributed by atoms with Crippen LogP contribution in [0.2, 0.25) is 0 Å². The van der Waals surface area contributed by atoms with Gasteiger partial charge in [0.25, 0.3) is 5.56 Å². The summed E-state index contributed by atoms with van der Waals surface area (Å²) in [5, 5.41) is 11.2. The van der Waals surface area contributed by atoms with Crippen molar-refractivity contribution < 1.29 is 4.79 Å². The van der Waals surface area contributed by atoms with Gasteiger partial charge in [-0.05, 0) is 24.8 Å². The highest BCUT2D eigenvalue weighted by atomic mass is 16.1. The number of aryl methyl sites for hydroxylation is 2. The lowest BCUT2D eigenvalue weighted by Gasteiger charge is -2.18. The third-order valence-electron chi connectivity index (χ3n) is 4.54. The van der Waals surface area contributed by atoms with Crippen LogP contribution < -0.4 is 15.8 Å². The molecule has 1 atom stereocenters. The van der Waals surface area contributed by atoms with Crippen molar-refractivity contribution in [3.05, 3.63) is 41.1 Å². The van der Waals surface area contributed by atoms with Crippen molar-refractivity contribution in [1.29, 1.82) is 0 Å². The molecular weight excluding hydrogens is 320 g/mol. The fourth-order valence-corrected chi connectivity index (χ4v) is 3.05. The van der Waals surface area contributed by atoms with Gasteiger partial charge in [-0.2, -0.15) is 10.2 Å². The van der Waals surface area contributed by atoms with Crippen LogP contribution in [0.25, 0.3) is 0 Å². The van der Waals surface area contributed by atoms with E-state index in [4.69, 9.17) is 0 Å². The lowest BCUT2D eigenvalue weighted by Crippen LogP contribution is -2.31. The van der Waals surface area contributed by atoms with Gasteiger partial charge in [-0.15, -0.1) is 0 Å². The van der Waals surface area contributed by atoms with Crippen LogP contribution >= 0.6 is 0 Å². The molecule has 1 fully saturated rings. The average Bonchev–Trinajstić information content (AvgIpc) is 3.27. The van der Waals surface area contributed by atoms with Crippen LogP contribution in [0.4, 0.5) is 5.69 Å². The zero-order chi connectivity index (χ0) is 17.6. The first-order valence-corrected chi connectivity index (χ1v) is 8.64. The number of nitrogens with zero attached hydrogens (tertiary/aromatic N) is 5. The lowest BCUT2D eigenvalue weighted by molar-refractivity contribution is -0.121. The van der Waals surface area contributed by atoms with Gasteiger partial charge >= 0.3 is 0 Å². The molecule has 0 radical (unpaired) electrons. The molecule has 1 unspecified atom stereocenters. The van der Waals surface area contributed by atoms with Crippen LogP contribution in [0.1, 0.15) is 19.3 Å². The number of carbonyl (C=O) groups excluding carboxylic acids is 1. The molecule has 2 aromatic heterocycles. The van der Waals surface area contributed by atoms with Crippen LogP contribution in [0, 0.1) is 5.92 Å². The Morgan fingerprint density at radius 3 is 3.04 bits per heavy atom. The van der Waals surface area contributed by atoms with Crippen LogP contribution in [0.5, 0.6) is 0 Å². The number of carbonyl (C=O) groups is 1. The summed E-state index contributed by atoms with van der Waals surface area (Å²) in [5.74, 6) is 0.486. The fourth-order valence-electron chi connectivity index (χ4n) is 3.05. The highest BCUT2D eigenvalue weighted by Gasteiger charge is 2.23. The van der Waals surface area contributed by atoms with Gasteiger partial charge in [0.05, 0.1) is 11.9 Å². The van der Waals surface area contributed by atoms with E-state index < -0.39 is 0 Å². The molecule has 0 aromatic carbocycles. The minimum Gasteiger partial charge on any atom is -0.370 e. The van der Waals surface area contributed by atoms with Crippen LogP contribution in [0.3, 0.4) is 0 Å². The standard InChI is InChI=1S/C17H24N6O2/c1-21-17(25)10-15(12-20-21)22-9-5-14(13-22)11-18-16(24)4-2-7-23-8-3-6-19-23/h3,6,8,10,12,14H,2,4-5,7,9,11,13H2,1H3,(H,18,24). The smallest absolute Gasteiger partial charge is 0.268 e. The second-order valence-electron chi connectivity index (χ2n) is 6.45. The zero-order valence-electron chi connectivity index (χ0n) is 14.5. The highest BCUT2D eigenvalue weighted by molar-refractivity contribution is 5.75. The number of hydrogen-bond acceptors (Lipinski definition) is 5. The minimum absolute atomic E-state index is 0.0841. The topological polar surface area (TPSA) is 85.1 Å². The molecule has 1 aliphatic rings. The predicted molar refractivity (Wildman–Crippen MR) is 94.3 cm³/mol. The highest BCUT2D eigenvalue weighted by Crippen LogP contribution is 2.21. The summed E-state index contributed by atoms with van der Waals surface area (Å²) in [7, 11) is 1.64. The zero-order valence-corrected chi connectivity index (χ0v) is 14.5. The van der Waals surface area contributed by atoms with Crippen LogP contribution in [-0.4, -0.2) is 45.1 Å². The van der Waals surface area contributed by atoms with E-state index in [1.54, 1.807) is 25.5 Å². The van der Waals surface area contributed by atoms with Crippen LogP contribution in [0.15, 0.2) is 35.5 Å². The Morgan fingerprint density at radius 1 is 1.40 bits per heavy atom. The normalized spacial score (nSPS) is 17.0. The van der Waals surface area contributed by atoms with Gasteiger partial charge in [-0.3, -0.25) is 14.3 Å². The molecule has 2 aromatic rings. The summed E-state index contributed by atoms with van der Waals surface area (Å²) in [6, 6.07) is 3.49. The number of rotatable bonds is 7. The summed E-state index contributed by atoms with van der Waals surface area (Å²) in [4.78, 5) is 25.8. The van der Waals surface area contributed by atoms with E-state index in [0.29, 0.717) is 18.9 Å². The second-order valence-corrected chi connectivity index (χ2v) is 6.45. The summed E-state index contributed by atoms with van der Waals surface area (Å²) in [5.41, 5.74) is 0.752. The second kappa shape index (κ2) is 7.96. The molecule has 0 bridgehead atoms. The van der Waals surface area contributed by atoms with Gasteiger partial charge in [0.1, 0.15) is 0 Å². The molecule has 134 valence electrons. The Morgan fingerprint density at radius 2 is 2.28 bits per heavy atom. The molecule has 0 aliphatic carbocycles. The molecule has 1 saturated heterocycles. The Balaban J connectivity index is 1.38. The van der Waals surface area contributed by atoms with Crippen molar-refractivity contribution in [3.8, 4) is 0 Å². The lowest BCUT2D eigenvalue weighted by atomic mass is 10.1. The maximum Gasteiger partial charge on any atom is 0.268 e. The van der Waals surface area contributed by atoms with Crippen molar-refractivity contribution in [2.75, 3.05) is 24.5 Å². The van der Waals surface area contributed by atoms with Gasteiger partial charge in [-0.25, -0.2) is 4.68 Å². The largest absolute Gasteiger partial charge is 0.370 e. The van der Waals surface area contributed by atoms with E-state index in [1.165, 1.54) is 4.68 Å². The number of nitrogens with one attached hydrogen (secondary N) is 1. The molecule has 3 rings (SSSR count). The molecule has 8 nitrogen and oxygen atoms in total. The minimum atomic E-state index is -0.105. The molecule has 8 heteroatoms. The quantitative estimate of drug-likeness (QED) is 0.786. The van der Waals surface area contributed by atoms with Gasteiger partial charge in [0.2, 0.25) is 5.91 Å². The van der Waals surface area contributed by atoms with Crippen molar-refractivity contribution in [2.24, 2.45) is 13.0 Å². The Bertz CT molecular complexity index is 755. The molecule has 0 spiro atoms. The van der Waals surface area contributed by atoms with E-state index in [-0.39, 0.29) is 11.5 Å². The van der Waals surface area contributed by atoms with E-state index in [1.807, 2.05) is 16.9 Å². The Hall–Kier alpha value is -2.64. The van der Waals surface area contributed by atoms with E-state index >= 15 is 0 Å². The van der Waals surface area contributed by atoms with Crippen molar-refractivity contribution in [3.63, 3.8) is 0 Å². The first-order chi connectivity index (χ1) is 12.1. The predicted octanol–water partition coefficient (Wildman–Crippen LogP) is 0.400. The van der Waals surface area contributed by atoms with Crippen molar-refractivity contribution in [1.82, 2.24) is 24.9 Å². The van der Waals surface area contributed by atoms with E-state index in [0.717, 1.165) is 38.2 Å². The first kappa shape index (κ1) is 17.2. The fraction of sp³-hybridized carbons (Fsp3) is 0.529. The van der Waals surface area contributed by atoms with Crippen LogP contribution in [-0.2, 0) is 18.4 Å². The SMILES string of the molecule is Cn1ncc(N2CCC(CNC(=O)CCCn3cccn3)C2)cc1=O. The number of anilines is 1. The third kappa shape index (κ3) is 4.68. The van der Waals surface area contributed by atoms with Gasteiger partial charge in [0.15, 0.2) is 0 Å². The molecular formula is C17H24N6O2. The first-order valence-electron chi connectivity index (χ1n) is 8.64. The maximum atomic E-state index is 12.0. The molecule has 1 amide bonds. The molecule has 0 saturated carbocycles. The maximum absolute atomic E-state index is 12.0. The van der Waals surface area contributed by atoms with Crippen molar-refractivity contribution >= 4 is 11.6 Å². The van der Waals surface area contributed by atoms with Gasteiger partial charge in [-0.1, -0.05) is 0 Å². The Kier molecular flexibility index (Phi) is 5.47. The summed E-state index contributed by atoms with van der Waals surface area (Å²) < 4.78 is 3.15. The summed E-state index contributed by atoms with van der Waals surface area (Å²) >= 11 is 0. The third-order valence-corrected chi connectivity index (χ3v) is 4.54. The van der Waals surface area contributed by atoms with Crippen molar-refractivity contribution in [2.45, 2.75) is 25.8 Å². The van der Waals surface area contributed by atoms with E-state index in [2.05, 4.69) is 20.4 Å². The Labute approximate surface area is 146 Å². The number of aromatic nitrogens is 4. The molecule has 25 heavy (non-hydrogen) atoms. The number of amides is 1. The van der Waals surface area contributed by atoms with E-state index in [9.17, 15) is 9.59 Å². The molecule has 1 aliphatic heterocycles. The number of hydrogen-bond donors (Lipinski definition) is 1. The molecule has 1 N–H and O–H groups in total.